The largest absolute Gasteiger partial charge is 0.310 e. The molecule has 0 aliphatic rings. The highest BCUT2D eigenvalue weighted by molar-refractivity contribution is 9.10. The summed E-state index contributed by atoms with van der Waals surface area (Å²) in [5.41, 5.74) is 0. The van der Waals surface area contributed by atoms with Crippen LogP contribution in [0.25, 0.3) is 0 Å². The monoisotopic (exact) mass is 247 g/mol. The van der Waals surface area contributed by atoms with Gasteiger partial charge in [-0.3, -0.25) is 4.79 Å². The van der Waals surface area contributed by atoms with Gasteiger partial charge in [-0.25, -0.2) is 0 Å². The van der Waals surface area contributed by atoms with Crippen molar-refractivity contribution in [2.45, 2.75) is 13.0 Å². The van der Waals surface area contributed by atoms with E-state index >= 15 is 0 Å². The van der Waals surface area contributed by atoms with Crippen LogP contribution in [0.4, 0.5) is 0 Å². The van der Waals surface area contributed by atoms with Crippen LogP contribution in [0, 0.1) is 0 Å². The van der Waals surface area contributed by atoms with E-state index in [1.807, 2.05) is 18.4 Å². The Morgan fingerprint density at radius 1 is 1.75 bits per heavy atom. The summed E-state index contributed by atoms with van der Waals surface area (Å²) in [5.74, 6) is 0.146. The molecule has 0 aromatic carbocycles. The number of Topliss-reactive ketones (excluding diaryl/α,β-unsaturated/α-hetero) is 1. The number of carbonyl (C=O) groups excluding carboxylic acids is 1. The van der Waals surface area contributed by atoms with Gasteiger partial charge >= 0.3 is 0 Å². The molecule has 12 heavy (non-hydrogen) atoms. The number of rotatable bonds is 3. The molecule has 1 atom stereocenters. The van der Waals surface area contributed by atoms with Crippen LogP contribution in [0.2, 0.25) is 0 Å². The van der Waals surface area contributed by atoms with Crippen LogP contribution >= 0.6 is 27.3 Å². The van der Waals surface area contributed by atoms with E-state index in [4.69, 9.17) is 0 Å². The summed E-state index contributed by atoms with van der Waals surface area (Å²) >= 11 is 4.77. The Kier molecular flexibility index (Phi) is 3.43. The molecule has 0 amide bonds. The highest BCUT2D eigenvalue weighted by Gasteiger charge is 2.14. The molecule has 0 radical (unpaired) electrons. The molecule has 1 aromatic heterocycles. The fourth-order valence-electron chi connectivity index (χ4n) is 0.787. The maximum Gasteiger partial charge on any atom is 0.189 e. The molecular formula is C8H10BrNOS. The minimum Gasteiger partial charge on any atom is -0.310 e. The molecule has 2 nitrogen and oxygen atoms in total. The van der Waals surface area contributed by atoms with Gasteiger partial charge in [0, 0.05) is 9.85 Å². The third-order valence-corrected chi connectivity index (χ3v) is 3.34. The highest BCUT2D eigenvalue weighted by Crippen LogP contribution is 2.20. The van der Waals surface area contributed by atoms with Gasteiger partial charge in [-0.2, -0.15) is 0 Å². The van der Waals surface area contributed by atoms with E-state index in [1.54, 1.807) is 7.05 Å². The van der Waals surface area contributed by atoms with E-state index in [9.17, 15) is 4.79 Å². The molecule has 66 valence electrons. The van der Waals surface area contributed by atoms with Crippen LogP contribution in [-0.2, 0) is 0 Å². The van der Waals surface area contributed by atoms with E-state index in [0.29, 0.717) is 0 Å². The Labute approximate surface area is 84.1 Å². The number of hydrogen-bond acceptors (Lipinski definition) is 3. The smallest absolute Gasteiger partial charge is 0.189 e. The van der Waals surface area contributed by atoms with Gasteiger partial charge in [0.25, 0.3) is 0 Å². The summed E-state index contributed by atoms with van der Waals surface area (Å²) in [6.07, 6.45) is 0. The predicted molar refractivity (Wildman–Crippen MR) is 54.9 cm³/mol. The van der Waals surface area contributed by atoms with Crippen LogP contribution in [-0.4, -0.2) is 18.9 Å². The lowest BCUT2D eigenvalue weighted by atomic mass is 10.2. The molecule has 0 saturated carbocycles. The van der Waals surface area contributed by atoms with Gasteiger partial charge in [0.05, 0.1) is 10.9 Å². The van der Waals surface area contributed by atoms with Crippen LogP contribution in [0.15, 0.2) is 15.9 Å². The van der Waals surface area contributed by atoms with Crippen molar-refractivity contribution in [1.82, 2.24) is 5.32 Å². The van der Waals surface area contributed by atoms with Crippen LogP contribution in [0.3, 0.4) is 0 Å². The minimum atomic E-state index is -0.101. The number of likely N-dealkylation sites (N-methyl/N-ethyl adjacent to an activating group) is 1. The van der Waals surface area contributed by atoms with Crippen molar-refractivity contribution in [2.24, 2.45) is 0 Å². The molecule has 0 aliphatic carbocycles. The zero-order valence-corrected chi connectivity index (χ0v) is 9.33. The number of ketones is 1. The lowest BCUT2D eigenvalue weighted by Gasteiger charge is -2.05. The Balaban J connectivity index is 2.78. The summed E-state index contributed by atoms with van der Waals surface area (Å²) < 4.78 is 0.971. The average molecular weight is 248 g/mol. The Hall–Kier alpha value is -0.190. The Bertz CT molecular complexity index is 284. The first-order valence-electron chi connectivity index (χ1n) is 3.60. The fourth-order valence-corrected chi connectivity index (χ4v) is 2.24. The second-order valence-electron chi connectivity index (χ2n) is 2.50. The lowest BCUT2D eigenvalue weighted by molar-refractivity contribution is 0.0959. The fraction of sp³-hybridized carbons (Fsp3) is 0.375. The molecular weight excluding hydrogens is 238 g/mol. The molecule has 0 spiro atoms. The van der Waals surface area contributed by atoms with Crippen molar-refractivity contribution >= 4 is 33.0 Å². The second kappa shape index (κ2) is 4.16. The third kappa shape index (κ3) is 2.15. The lowest BCUT2D eigenvalue weighted by Crippen LogP contribution is -2.30. The van der Waals surface area contributed by atoms with Gasteiger partial charge in [0.2, 0.25) is 0 Å². The molecule has 1 heterocycles. The third-order valence-electron chi connectivity index (χ3n) is 1.64. The summed E-state index contributed by atoms with van der Waals surface area (Å²) in [7, 11) is 1.78. The molecule has 4 heteroatoms. The van der Waals surface area contributed by atoms with E-state index in [0.717, 1.165) is 9.35 Å². The number of nitrogens with one attached hydrogen (secondary N) is 1. The number of carbonyl (C=O) groups is 1. The molecule has 1 N–H and O–H groups in total. The minimum absolute atomic E-state index is 0.101. The van der Waals surface area contributed by atoms with Crippen molar-refractivity contribution in [3.8, 4) is 0 Å². The topological polar surface area (TPSA) is 29.1 Å². The molecule has 0 bridgehead atoms. The highest BCUT2D eigenvalue weighted by atomic mass is 79.9. The zero-order valence-electron chi connectivity index (χ0n) is 6.93. The van der Waals surface area contributed by atoms with Gasteiger partial charge in [0.1, 0.15) is 0 Å². The number of thiophene rings is 1. The van der Waals surface area contributed by atoms with Crippen LogP contribution < -0.4 is 5.32 Å². The summed E-state index contributed by atoms with van der Waals surface area (Å²) in [4.78, 5) is 12.3. The van der Waals surface area contributed by atoms with Gasteiger partial charge in [-0.1, -0.05) is 0 Å². The van der Waals surface area contributed by atoms with Crippen LogP contribution in [0.1, 0.15) is 16.6 Å². The average Bonchev–Trinajstić information content (AvgIpc) is 2.49. The summed E-state index contributed by atoms with van der Waals surface area (Å²) in [6.45, 7) is 1.86. The molecule has 1 unspecified atom stereocenters. The van der Waals surface area contributed by atoms with Gasteiger partial charge in [-0.15, -0.1) is 11.3 Å². The maximum absolute atomic E-state index is 11.5. The summed E-state index contributed by atoms with van der Waals surface area (Å²) in [6, 6.07) is 1.75. The Morgan fingerprint density at radius 3 is 2.83 bits per heavy atom. The van der Waals surface area contributed by atoms with Crippen molar-refractivity contribution in [3.63, 3.8) is 0 Å². The van der Waals surface area contributed by atoms with E-state index in [2.05, 4.69) is 21.2 Å². The van der Waals surface area contributed by atoms with Crippen molar-refractivity contribution in [3.05, 3.63) is 20.8 Å². The zero-order chi connectivity index (χ0) is 9.14. The molecule has 0 saturated heterocycles. The quantitative estimate of drug-likeness (QED) is 0.831. The van der Waals surface area contributed by atoms with E-state index < -0.39 is 0 Å². The molecule has 1 aromatic rings. The normalized spacial score (nSPS) is 12.9. The first-order valence-corrected chi connectivity index (χ1v) is 5.28. The van der Waals surface area contributed by atoms with Crippen LogP contribution in [0.5, 0.6) is 0 Å². The molecule has 0 fully saturated rings. The van der Waals surface area contributed by atoms with Crippen molar-refractivity contribution < 1.29 is 4.79 Å². The van der Waals surface area contributed by atoms with Crippen molar-refractivity contribution in [1.29, 1.82) is 0 Å². The van der Waals surface area contributed by atoms with Crippen molar-refractivity contribution in [2.75, 3.05) is 7.05 Å². The molecule has 1 rings (SSSR count). The van der Waals surface area contributed by atoms with Gasteiger partial charge in [0.15, 0.2) is 5.78 Å². The number of halogens is 1. The van der Waals surface area contributed by atoms with Gasteiger partial charge < -0.3 is 5.32 Å². The first kappa shape index (κ1) is 9.89. The SMILES string of the molecule is CNC(C)C(=O)c1cc(Br)cs1. The van der Waals surface area contributed by atoms with E-state index in [-0.39, 0.29) is 11.8 Å². The Morgan fingerprint density at radius 2 is 2.42 bits per heavy atom. The van der Waals surface area contributed by atoms with Gasteiger partial charge in [-0.05, 0) is 36.0 Å². The molecule has 0 aliphatic heterocycles. The number of hydrogen-bond donors (Lipinski definition) is 1. The maximum atomic E-state index is 11.5. The van der Waals surface area contributed by atoms with E-state index in [1.165, 1.54) is 11.3 Å². The second-order valence-corrected chi connectivity index (χ2v) is 4.33. The predicted octanol–water partition coefficient (Wildman–Crippen LogP) is 2.30. The first-order chi connectivity index (χ1) is 5.65. The summed E-state index contributed by atoms with van der Waals surface area (Å²) in [5, 5.41) is 4.83. The standard InChI is InChI=1S/C8H10BrNOS/c1-5(10-2)8(11)7-3-6(9)4-12-7/h3-5,10H,1-2H3.